The van der Waals surface area contributed by atoms with Gasteiger partial charge in [-0.2, -0.15) is 0 Å². The summed E-state index contributed by atoms with van der Waals surface area (Å²) in [4.78, 5) is 12.6. The SMILES string of the molecule is COc1c(C)cnc(CSc2nc3cc4c(cc3[nH]2)OCC4)c1C. The Hall–Kier alpha value is -2.21. The molecule has 0 atom stereocenters. The van der Waals surface area contributed by atoms with Crippen molar-refractivity contribution in [3.8, 4) is 11.5 Å². The van der Waals surface area contributed by atoms with E-state index in [-0.39, 0.29) is 0 Å². The van der Waals surface area contributed by atoms with Crippen molar-refractivity contribution in [3.63, 3.8) is 0 Å². The molecule has 0 bridgehead atoms. The van der Waals surface area contributed by atoms with E-state index in [0.717, 1.165) is 63.3 Å². The molecule has 0 saturated heterocycles. The molecule has 124 valence electrons. The van der Waals surface area contributed by atoms with Gasteiger partial charge in [0.15, 0.2) is 5.16 Å². The van der Waals surface area contributed by atoms with E-state index in [0.29, 0.717) is 0 Å². The number of thioether (sulfide) groups is 1. The van der Waals surface area contributed by atoms with Crippen molar-refractivity contribution in [2.24, 2.45) is 0 Å². The van der Waals surface area contributed by atoms with Crippen molar-refractivity contribution < 1.29 is 9.47 Å². The Morgan fingerprint density at radius 2 is 2.21 bits per heavy atom. The van der Waals surface area contributed by atoms with Gasteiger partial charge in [-0.25, -0.2) is 4.98 Å². The van der Waals surface area contributed by atoms with Crippen LogP contribution in [0.2, 0.25) is 0 Å². The lowest BCUT2D eigenvalue weighted by atomic mass is 10.1. The molecular formula is C18H19N3O2S. The predicted octanol–water partition coefficient (Wildman–Crippen LogP) is 3.81. The van der Waals surface area contributed by atoms with E-state index in [1.807, 2.05) is 19.2 Å². The normalized spacial score (nSPS) is 13.1. The third-order valence-electron chi connectivity index (χ3n) is 4.37. The maximum atomic E-state index is 5.62. The van der Waals surface area contributed by atoms with Gasteiger partial charge in [-0.1, -0.05) is 11.8 Å². The van der Waals surface area contributed by atoms with Crippen LogP contribution in [0.5, 0.6) is 11.5 Å². The van der Waals surface area contributed by atoms with Crippen LogP contribution < -0.4 is 9.47 Å². The van der Waals surface area contributed by atoms with Gasteiger partial charge in [-0.3, -0.25) is 4.98 Å². The van der Waals surface area contributed by atoms with E-state index in [1.165, 1.54) is 5.56 Å². The molecule has 0 radical (unpaired) electrons. The second-order valence-electron chi connectivity index (χ2n) is 5.95. The summed E-state index contributed by atoms with van der Waals surface area (Å²) in [6.45, 7) is 4.83. The number of nitrogens with zero attached hydrogens (tertiary/aromatic N) is 2. The number of methoxy groups -OCH3 is 1. The minimum Gasteiger partial charge on any atom is -0.496 e. The van der Waals surface area contributed by atoms with E-state index in [1.54, 1.807) is 18.9 Å². The van der Waals surface area contributed by atoms with Crippen molar-refractivity contribution in [1.82, 2.24) is 15.0 Å². The number of pyridine rings is 1. The molecule has 6 heteroatoms. The first-order valence-electron chi connectivity index (χ1n) is 7.93. The van der Waals surface area contributed by atoms with Crippen LogP contribution in [0.4, 0.5) is 0 Å². The van der Waals surface area contributed by atoms with Gasteiger partial charge in [-0.05, 0) is 25.5 Å². The fourth-order valence-electron chi connectivity index (χ4n) is 3.08. The quantitative estimate of drug-likeness (QED) is 0.731. The van der Waals surface area contributed by atoms with Crippen LogP contribution in [-0.4, -0.2) is 28.7 Å². The van der Waals surface area contributed by atoms with Crippen LogP contribution in [0.15, 0.2) is 23.5 Å². The van der Waals surface area contributed by atoms with Gasteiger partial charge in [-0.15, -0.1) is 0 Å². The Balaban J connectivity index is 1.57. The Morgan fingerprint density at radius 1 is 1.33 bits per heavy atom. The van der Waals surface area contributed by atoms with Crippen molar-refractivity contribution in [1.29, 1.82) is 0 Å². The second-order valence-corrected chi connectivity index (χ2v) is 6.92. The van der Waals surface area contributed by atoms with Crippen molar-refractivity contribution in [3.05, 3.63) is 40.7 Å². The van der Waals surface area contributed by atoms with E-state index < -0.39 is 0 Å². The first-order valence-corrected chi connectivity index (χ1v) is 8.91. The van der Waals surface area contributed by atoms with E-state index in [9.17, 15) is 0 Å². The zero-order chi connectivity index (χ0) is 16.7. The van der Waals surface area contributed by atoms with E-state index in [4.69, 9.17) is 9.47 Å². The second kappa shape index (κ2) is 6.02. The number of hydrogen-bond donors (Lipinski definition) is 1. The number of aromatic nitrogens is 3. The summed E-state index contributed by atoms with van der Waals surface area (Å²) in [5, 5.41) is 0.898. The number of rotatable bonds is 4. The van der Waals surface area contributed by atoms with Gasteiger partial charge < -0.3 is 14.5 Å². The van der Waals surface area contributed by atoms with Gasteiger partial charge in [0.25, 0.3) is 0 Å². The lowest BCUT2D eigenvalue weighted by molar-refractivity contribution is 0.357. The highest BCUT2D eigenvalue weighted by atomic mass is 32.2. The number of ether oxygens (including phenoxy) is 2. The van der Waals surface area contributed by atoms with Gasteiger partial charge in [0.1, 0.15) is 11.5 Å². The zero-order valence-corrected chi connectivity index (χ0v) is 14.8. The molecule has 0 unspecified atom stereocenters. The topological polar surface area (TPSA) is 60.0 Å². The highest BCUT2D eigenvalue weighted by molar-refractivity contribution is 7.98. The van der Waals surface area contributed by atoms with Crippen LogP contribution in [0, 0.1) is 13.8 Å². The third kappa shape index (κ3) is 2.60. The number of benzene rings is 1. The summed E-state index contributed by atoms with van der Waals surface area (Å²) in [7, 11) is 1.70. The first-order chi connectivity index (χ1) is 11.7. The number of aryl methyl sites for hydroxylation is 1. The fraction of sp³-hybridized carbons (Fsp3) is 0.333. The Kier molecular flexibility index (Phi) is 3.84. The summed E-state index contributed by atoms with van der Waals surface area (Å²) >= 11 is 1.65. The molecule has 24 heavy (non-hydrogen) atoms. The zero-order valence-electron chi connectivity index (χ0n) is 14.0. The molecule has 4 rings (SSSR count). The number of nitrogens with one attached hydrogen (secondary N) is 1. The summed E-state index contributed by atoms with van der Waals surface area (Å²) in [6.07, 6.45) is 2.83. The number of hydrogen-bond acceptors (Lipinski definition) is 5. The minimum atomic E-state index is 0.749. The van der Waals surface area contributed by atoms with Gasteiger partial charge in [0.05, 0.1) is 30.4 Å². The lowest BCUT2D eigenvalue weighted by Crippen LogP contribution is -1.98. The molecule has 0 aliphatic carbocycles. The molecule has 1 N–H and O–H groups in total. The minimum absolute atomic E-state index is 0.749. The molecule has 3 aromatic rings. The molecule has 3 heterocycles. The van der Waals surface area contributed by atoms with Gasteiger partial charge >= 0.3 is 0 Å². The lowest BCUT2D eigenvalue weighted by Gasteiger charge is -2.11. The number of imidazole rings is 1. The predicted molar refractivity (Wildman–Crippen MR) is 95.1 cm³/mol. The average molecular weight is 341 g/mol. The van der Waals surface area contributed by atoms with Crippen molar-refractivity contribution in [2.75, 3.05) is 13.7 Å². The van der Waals surface area contributed by atoms with E-state index >= 15 is 0 Å². The molecular weight excluding hydrogens is 322 g/mol. The summed E-state index contributed by atoms with van der Waals surface area (Å²) < 4.78 is 11.1. The molecule has 0 spiro atoms. The van der Waals surface area contributed by atoms with Gasteiger partial charge in [0.2, 0.25) is 0 Å². The molecule has 1 aliphatic rings. The van der Waals surface area contributed by atoms with Gasteiger partial charge in [0, 0.05) is 35.6 Å². The molecule has 1 aliphatic heterocycles. The van der Waals surface area contributed by atoms with E-state index in [2.05, 4.69) is 27.9 Å². The Morgan fingerprint density at radius 3 is 3.04 bits per heavy atom. The van der Waals surface area contributed by atoms with Crippen molar-refractivity contribution in [2.45, 2.75) is 31.2 Å². The molecule has 0 saturated carbocycles. The molecule has 2 aromatic heterocycles. The largest absolute Gasteiger partial charge is 0.496 e. The van der Waals surface area contributed by atoms with Crippen LogP contribution in [0.3, 0.4) is 0 Å². The summed E-state index contributed by atoms with van der Waals surface area (Å²) in [5.74, 6) is 2.64. The van der Waals surface area contributed by atoms with Crippen LogP contribution in [0.1, 0.15) is 22.4 Å². The summed E-state index contributed by atoms with van der Waals surface area (Å²) in [5.41, 5.74) is 6.42. The van der Waals surface area contributed by atoms with Crippen LogP contribution >= 0.6 is 11.8 Å². The Labute approximate surface area is 144 Å². The Bertz CT molecular complexity index is 879. The third-order valence-corrected chi connectivity index (χ3v) is 5.25. The average Bonchev–Trinajstić information content (AvgIpc) is 3.17. The first kappa shape index (κ1) is 15.3. The highest BCUT2D eigenvalue weighted by Crippen LogP contribution is 2.32. The van der Waals surface area contributed by atoms with Crippen molar-refractivity contribution >= 4 is 22.8 Å². The van der Waals surface area contributed by atoms with Crippen LogP contribution in [-0.2, 0) is 12.2 Å². The maximum Gasteiger partial charge on any atom is 0.166 e. The monoisotopic (exact) mass is 341 g/mol. The summed E-state index contributed by atoms with van der Waals surface area (Å²) in [6, 6.07) is 4.17. The number of aromatic amines is 1. The highest BCUT2D eigenvalue weighted by Gasteiger charge is 2.16. The smallest absolute Gasteiger partial charge is 0.166 e. The fourth-order valence-corrected chi connectivity index (χ4v) is 3.99. The molecule has 0 amide bonds. The van der Waals surface area contributed by atoms with Crippen LogP contribution in [0.25, 0.3) is 11.0 Å². The number of H-pyrrole nitrogens is 1. The molecule has 1 aromatic carbocycles. The maximum absolute atomic E-state index is 5.62. The number of fused-ring (bicyclic) bond motifs is 2. The molecule has 0 fully saturated rings. The standard InChI is InChI=1S/C18H19N3O2S/c1-10-8-19-15(11(2)17(10)22-3)9-24-18-20-13-6-12-4-5-23-16(12)7-14(13)21-18/h6-8H,4-5,9H2,1-3H3,(H,20,21). The molecule has 5 nitrogen and oxygen atoms in total.